The maximum absolute atomic E-state index is 13.2. The van der Waals surface area contributed by atoms with Gasteiger partial charge < -0.3 is 15.3 Å². The van der Waals surface area contributed by atoms with Gasteiger partial charge in [-0.05, 0) is 53.9 Å². The number of rotatable bonds is 3. The number of halogens is 1. The van der Waals surface area contributed by atoms with Crippen molar-refractivity contribution in [3.63, 3.8) is 0 Å². The molecule has 3 aromatic rings. The van der Waals surface area contributed by atoms with Gasteiger partial charge in [0.2, 0.25) is 0 Å². The zero-order chi connectivity index (χ0) is 20.4. The topological polar surface area (TPSA) is 69.6 Å². The Morgan fingerprint density at radius 2 is 1.66 bits per heavy atom. The normalized spacial score (nSPS) is 15.5. The standard InChI is InChI=1S/C23H19ClN2O3/c24-17-11-9-16(10-12-17)23(29)26-14-13-15-5-1-2-6-18(15)21(26)22(28)25-19-7-3-4-8-20(19)27/h1-12,21,27H,13-14H2,(H,25,28). The van der Waals surface area contributed by atoms with E-state index in [1.165, 1.54) is 6.07 Å². The van der Waals surface area contributed by atoms with E-state index in [-0.39, 0.29) is 17.6 Å². The molecule has 2 amide bonds. The van der Waals surface area contributed by atoms with Crippen molar-refractivity contribution in [1.29, 1.82) is 0 Å². The molecule has 0 saturated carbocycles. The number of phenols is 1. The molecule has 0 saturated heterocycles. The number of amides is 2. The molecule has 0 aromatic heterocycles. The molecule has 1 atom stereocenters. The van der Waals surface area contributed by atoms with Crippen LogP contribution in [0.15, 0.2) is 72.8 Å². The lowest BCUT2D eigenvalue weighted by molar-refractivity contribution is -0.121. The van der Waals surface area contributed by atoms with E-state index >= 15 is 0 Å². The predicted octanol–water partition coefficient (Wildman–Crippen LogP) is 4.42. The maximum Gasteiger partial charge on any atom is 0.254 e. The zero-order valence-electron chi connectivity index (χ0n) is 15.5. The Bertz CT molecular complexity index is 1070. The van der Waals surface area contributed by atoms with Crippen molar-refractivity contribution in [2.24, 2.45) is 0 Å². The fourth-order valence-corrected chi connectivity index (χ4v) is 3.73. The summed E-state index contributed by atoms with van der Waals surface area (Å²) in [7, 11) is 0. The maximum atomic E-state index is 13.2. The van der Waals surface area contributed by atoms with Crippen LogP contribution in [0.2, 0.25) is 5.02 Å². The quantitative estimate of drug-likeness (QED) is 0.632. The molecule has 146 valence electrons. The monoisotopic (exact) mass is 406 g/mol. The summed E-state index contributed by atoms with van der Waals surface area (Å²) < 4.78 is 0. The van der Waals surface area contributed by atoms with Crippen LogP contribution in [0.25, 0.3) is 0 Å². The molecule has 6 heteroatoms. The smallest absolute Gasteiger partial charge is 0.254 e. The molecule has 0 bridgehead atoms. The minimum Gasteiger partial charge on any atom is -0.506 e. The fraction of sp³-hybridized carbons (Fsp3) is 0.130. The van der Waals surface area contributed by atoms with Crippen molar-refractivity contribution in [2.75, 3.05) is 11.9 Å². The molecule has 0 spiro atoms. The van der Waals surface area contributed by atoms with Gasteiger partial charge in [-0.15, -0.1) is 0 Å². The van der Waals surface area contributed by atoms with E-state index < -0.39 is 6.04 Å². The summed E-state index contributed by atoms with van der Waals surface area (Å²) in [6.07, 6.45) is 0.663. The van der Waals surface area contributed by atoms with E-state index in [4.69, 9.17) is 11.6 Å². The summed E-state index contributed by atoms with van der Waals surface area (Å²) in [6.45, 7) is 0.414. The lowest BCUT2D eigenvalue weighted by Crippen LogP contribution is -2.45. The Balaban J connectivity index is 1.70. The van der Waals surface area contributed by atoms with Gasteiger partial charge in [0.05, 0.1) is 5.69 Å². The first-order chi connectivity index (χ1) is 14.0. The first-order valence-corrected chi connectivity index (χ1v) is 9.65. The fourth-order valence-electron chi connectivity index (χ4n) is 3.61. The van der Waals surface area contributed by atoms with Crippen molar-refractivity contribution >= 4 is 29.1 Å². The number of fused-ring (bicyclic) bond motifs is 1. The van der Waals surface area contributed by atoms with Gasteiger partial charge in [0.15, 0.2) is 0 Å². The third-order valence-corrected chi connectivity index (χ3v) is 5.30. The molecule has 1 heterocycles. The second-order valence-electron chi connectivity index (χ2n) is 6.86. The van der Waals surface area contributed by atoms with Crippen LogP contribution in [0.1, 0.15) is 27.5 Å². The molecule has 2 N–H and O–H groups in total. The van der Waals surface area contributed by atoms with Gasteiger partial charge in [-0.1, -0.05) is 48.0 Å². The molecule has 0 aliphatic carbocycles. The number of hydrogen-bond acceptors (Lipinski definition) is 3. The molecule has 1 aliphatic heterocycles. The highest BCUT2D eigenvalue weighted by Crippen LogP contribution is 2.33. The Kier molecular flexibility index (Phi) is 5.23. The summed E-state index contributed by atoms with van der Waals surface area (Å²) in [5.74, 6) is -0.643. The average molecular weight is 407 g/mol. The molecule has 4 rings (SSSR count). The van der Waals surface area contributed by atoms with Gasteiger partial charge >= 0.3 is 0 Å². The van der Waals surface area contributed by atoms with E-state index in [9.17, 15) is 14.7 Å². The second-order valence-corrected chi connectivity index (χ2v) is 7.30. The first kappa shape index (κ1) is 19.0. The molecule has 0 fully saturated rings. The van der Waals surface area contributed by atoms with E-state index in [1.807, 2.05) is 24.3 Å². The van der Waals surface area contributed by atoms with E-state index in [0.717, 1.165) is 11.1 Å². The molecule has 1 aliphatic rings. The Morgan fingerprint density at radius 1 is 0.966 bits per heavy atom. The van der Waals surface area contributed by atoms with Gasteiger partial charge in [0.1, 0.15) is 11.8 Å². The van der Waals surface area contributed by atoms with Crippen molar-refractivity contribution < 1.29 is 14.7 Å². The van der Waals surface area contributed by atoms with Crippen LogP contribution in [0.5, 0.6) is 5.75 Å². The van der Waals surface area contributed by atoms with Crippen molar-refractivity contribution in [3.05, 3.63) is 94.5 Å². The Morgan fingerprint density at radius 3 is 2.41 bits per heavy atom. The number of nitrogens with zero attached hydrogens (tertiary/aromatic N) is 1. The lowest BCUT2D eigenvalue weighted by atomic mass is 9.91. The Labute approximate surface area is 173 Å². The summed E-state index contributed by atoms with van der Waals surface area (Å²) in [5.41, 5.74) is 2.59. The highest BCUT2D eigenvalue weighted by Gasteiger charge is 2.36. The molecular formula is C23H19ClN2O3. The molecule has 5 nitrogen and oxygen atoms in total. The van der Waals surface area contributed by atoms with E-state index in [0.29, 0.717) is 29.2 Å². The predicted molar refractivity (Wildman–Crippen MR) is 112 cm³/mol. The number of carbonyl (C=O) groups is 2. The van der Waals surface area contributed by atoms with Crippen LogP contribution in [-0.4, -0.2) is 28.4 Å². The molecule has 29 heavy (non-hydrogen) atoms. The first-order valence-electron chi connectivity index (χ1n) is 9.28. The zero-order valence-corrected chi connectivity index (χ0v) is 16.3. The number of nitrogens with one attached hydrogen (secondary N) is 1. The van der Waals surface area contributed by atoms with Crippen LogP contribution < -0.4 is 5.32 Å². The largest absolute Gasteiger partial charge is 0.506 e. The van der Waals surface area contributed by atoms with Gasteiger partial charge in [-0.25, -0.2) is 0 Å². The lowest BCUT2D eigenvalue weighted by Gasteiger charge is -2.36. The molecular weight excluding hydrogens is 388 g/mol. The number of carbonyl (C=O) groups excluding carboxylic acids is 2. The number of aromatic hydroxyl groups is 1. The van der Waals surface area contributed by atoms with Gasteiger partial charge in [0, 0.05) is 17.1 Å². The van der Waals surface area contributed by atoms with Crippen LogP contribution in [0.3, 0.4) is 0 Å². The van der Waals surface area contributed by atoms with Crippen LogP contribution in [0, 0.1) is 0 Å². The highest BCUT2D eigenvalue weighted by molar-refractivity contribution is 6.30. The van der Waals surface area contributed by atoms with Crippen LogP contribution in [0.4, 0.5) is 5.69 Å². The van der Waals surface area contributed by atoms with Crippen LogP contribution in [-0.2, 0) is 11.2 Å². The second kappa shape index (κ2) is 7.97. The summed E-state index contributed by atoms with van der Waals surface area (Å²) in [6, 6.07) is 20.0. The van der Waals surface area contributed by atoms with Crippen LogP contribution >= 0.6 is 11.6 Å². The number of benzene rings is 3. The highest BCUT2D eigenvalue weighted by atomic mass is 35.5. The summed E-state index contributed by atoms with van der Waals surface area (Å²) in [5, 5.41) is 13.3. The van der Waals surface area contributed by atoms with E-state index in [2.05, 4.69) is 5.32 Å². The molecule has 0 radical (unpaired) electrons. The number of hydrogen-bond donors (Lipinski definition) is 2. The van der Waals surface area contributed by atoms with Crippen molar-refractivity contribution in [1.82, 2.24) is 4.90 Å². The third-order valence-electron chi connectivity index (χ3n) is 5.05. The minimum atomic E-state index is -0.803. The molecule has 3 aromatic carbocycles. The number of para-hydroxylation sites is 2. The summed E-state index contributed by atoms with van der Waals surface area (Å²) >= 11 is 5.94. The number of anilines is 1. The SMILES string of the molecule is O=C(Nc1ccccc1O)C1c2ccccc2CCN1C(=O)c1ccc(Cl)cc1. The average Bonchev–Trinajstić information content (AvgIpc) is 2.74. The minimum absolute atomic E-state index is 0.0273. The van der Waals surface area contributed by atoms with Gasteiger partial charge in [0.25, 0.3) is 11.8 Å². The summed E-state index contributed by atoms with van der Waals surface area (Å²) in [4.78, 5) is 28.0. The molecule has 1 unspecified atom stereocenters. The van der Waals surface area contributed by atoms with E-state index in [1.54, 1.807) is 47.4 Å². The third kappa shape index (κ3) is 3.82. The van der Waals surface area contributed by atoms with Gasteiger partial charge in [-0.2, -0.15) is 0 Å². The van der Waals surface area contributed by atoms with Crippen molar-refractivity contribution in [3.8, 4) is 5.75 Å². The van der Waals surface area contributed by atoms with Crippen molar-refractivity contribution in [2.45, 2.75) is 12.5 Å². The number of phenolic OH excluding ortho intramolecular Hbond substituents is 1. The Hall–Kier alpha value is -3.31. The van der Waals surface area contributed by atoms with Gasteiger partial charge in [-0.3, -0.25) is 9.59 Å².